The number of anilines is 1. The predicted octanol–water partition coefficient (Wildman–Crippen LogP) is 4.20. The number of carbonyl (C=O) groups excluding carboxylic acids is 1. The van der Waals surface area contributed by atoms with Gasteiger partial charge in [-0.1, -0.05) is 25.1 Å². The van der Waals surface area contributed by atoms with E-state index in [0.717, 1.165) is 25.0 Å². The Bertz CT molecular complexity index is 1100. The third-order valence-electron chi connectivity index (χ3n) is 6.17. The average molecular weight is 468 g/mol. The van der Waals surface area contributed by atoms with Crippen LogP contribution in [0.1, 0.15) is 54.2 Å². The zero-order valence-electron chi connectivity index (χ0n) is 18.4. The topological polar surface area (TPSA) is 113 Å². The Morgan fingerprint density at radius 2 is 2.27 bits per heavy atom. The Balaban J connectivity index is 1.61. The summed E-state index contributed by atoms with van der Waals surface area (Å²) in [4.78, 5) is 21.4. The fourth-order valence-electron chi connectivity index (χ4n) is 4.50. The average Bonchev–Trinajstić information content (AvgIpc) is 3.18. The monoisotopic (exact) mass is 467 g/mol. The zero-order chi connectivity index (χ0) is 23.4. The molecule has 2 aliphatic rings. The first-order valence-corrected chi connectivity index (χ1v) is 12.0. The maximum atomic E-state index is 15.2. The first-order valence-electron chi connectivity index (χ1n) is 11.0. The van der Waals surface area contributed by atoms with Gasteiger partial charge in [-0.05, 0) is 43.2 Å². The number of benzene rings is 1. The van der Waals surface area contributed by atoms with Gasteiger partial charge in [0, 0.05) is 42.1 Å². The van der Waals surface area contributed by atoms with Gasteiger partial charge < -0.3 is 15.8 Å². The molecule has 172 valence electrons. The fourth-order valence-corrected chi connectivity index (χ4v) is 5.51. The lowest BCUT2D eigenvalue weighted by Gasteiger charge is -2.36. The summed E-state index contributed by atoms with van der Waals surface area (Å²) >= 11 is 1.49. The van der Waals surface area contributed by atoms with Crippen molar-refractivity contribution in [1.29, 1.82) is 5.26 Å². The molecular weight excluding hydrogens is 441 g/mol. The molecule has 9 heteroatoms. The molecule has 33 heavy (non-hydrogen) atoms. The highest BCUT2D eigenvalue weighted by Crippen LogP contribution is 2.52. The van der Waals surface area contributed by atoms with Gasteiger partial charge in [-0.2, -0.15) is 5.26 Å². The summed E-state index contributed by atoms with van der Waals surface area (Å²) < 4.78 is 21.3. The van der Waals surface area contributed by atoms with E-state index in [-0.39, 0.29) is 23.5 Å². The van der Waals surface area contributed by atoms with E-state index in [1.54, 1.807) is 6.07 Å². The molecule has 7 nitrogen and oxygen atoms in total. The van der Waals surface area contributed by atoms with Gasteiger partial charge in [0.15, 0.2) is 5.17 Å². The number of hydrogen-bond acceptors (Lipinski definition) is 7. The van der Waals surface area contributed by atoms with Crippen LogP contribution in [0.4, 0.5) is 10.1 Å². The highest BCUT2D eigenvalue weighted by Gasteiger charge is 2.52. The van der Waals surface area contributed by atoms with Crippen LogP contribution in [0.2, 0.25) is 0 Å². The Morgan fingerprint density at radius 3 is 3.00 bits per heavy atom. The van der Waals surface area contributed by atoms with Crippen molar-refractivity contribution in [3.8, 4) is 6.07 Å². The number of rotatable bonds is 7. The standard InChI is InChI=1S/C24H26FN5O2S/c1-2-3-8-32-18-9-16-14-33-23(27)30-24(16,11-18)19-10-17(5-6-20(19)25)29-22(31)21-7-4-15(12-26)13-28-21/h4-7,10,13,16,18H,2-3,8-9,11,14H2,1H3,(H2,27,30)(H,29,31)/t16-,18-,24-/m0/s1. The number of carbonyl (C=O) groups is 1. The van der Waals surface area contributed by atoms with Gasteiger partial charge >= 0.3 is 0 Å². The number of pyridine rings is 1. The second-order valence-electron chi connectivity index (χ2n) is 8.36. The summed E-state index contributed by atoms with van der Waals surface area (Å²) in [7, 11) is 0. The summed E-state index contributed by atoms with van der Waals surface area (Å²) in [6, 6.07) is 9.48. The largest absolute Gasteiger partial charge is 0.379 e. The molecule has 2 aromatic rings. The third-order valence-corrected chi connectivity index (χ3v) is 7.13. The molecule has 0 unspecified atom stereocenters. The second kappa shape index (κ2) is 9.89. The van der Waals surface area contributed by atoms with Crippen molar-refractivity contribution in [2.75, 3.05) is 17.7 Å². The number of unbranched alkanes of at least 4 members (excludes halogenated alkanes) is 1. The molecule has 0 spiro atoms. The quantitative estimate of drug-likeness (QED) is 0.590. The number of nitrogens with one attached hydrogen (secondary N) is 1. The van der Waals surface area contributed by atoms with Crippen LogP contribution >= 0.6 is 11.8 Å². The molecule has 1 aromatic carbocycles. The van der Waals surface area contributed by atoms with E-state index >= 15 is 4.39 Å². The summed E-state index contributed by atoms with van der Waals surface area (Å²) in [6.45, 7) is 2.79. The smallest absolute Gasteiger partial charge is 0.274 e. The molecule has 4 rings (SSSR count). The van der Waals surface area contributed by atoms with E-state index < -0.39 is 11.4 Å². The second-order valence-corrected chi connectivity index (χ2v) is 9.40. The van der Waals surface area contributed by atoms with E-state index in [4.69, 9.17) is 20.7 Å². The molecule has 0 saturated heterocycles. The highest BCUT2D eigenvalue weighted by molar-refractivity contribution is 8.13. The number of aliphatic imine (C=N–C) groups is 1. The SMILES string of the molecule is CCCCO[C@H]1C[C@H]2CSC(N)=N[C@@]2(c2cc(NC(=O)c3ccc(C#N)cn3)ccc2F)C1. The van der Waals surface area contributed by atoms with Gasteiger partial charge in [0.1, 0.15) is 17.6 Å². The molecular formula is C24H26FN5O2S. The molecule has 1 aromatic heterocycles. The van der Waals surface area contributed by atoms with Crippen molar-refractivity contribution in [3.63, 3.8) is 0 Å². The van der Waals surface area contributed by atoms with Gasteiger partial charge in [-0.25, -0.2) is 9.37 Å². The Labute approximate surface area is 196 Å². The Hall–Kier alpha value is -2.96. The minimum atomic E-state index is -0.816. The van der Waals surface area contributed by atoms with Gasteiger partial charge in [0.25, 0.3) is 5.91 Å². The number of nitrogens with zero attached hydrogens (tertiary/aromatic N) is 3. The van der Waals surface area contributed by atoms with Crippen LogP contribution in [0.3, 0.4) is 0 Å². The van der Waals surface area contributed by atoms with E-state index in [1.165, 1.54) is 42.2 Å². The number of halogens is 1. The van der Waals surface area contributed by atoms with Crippen molar-refractivity contribution in [2.24, 2.45) is 16.6 Å². The van der Waals surface area contributed by atoms with E-state index in [1.807, 2.05) is 6.07 Å². The fraction of sp³-hybridized carbons (Fsp3) is 0.417. The summed E-state index contributed by atoms with van der Waals surface area (Å²) in [5.41, 5.74) is 6.67. The zero-order valence-corrected chi connectivity index (χ0v) is 19.2. The van der Waals surface area contributed by atoms with Crippen molar-refractivity contribution < 1.29 is 13.9 Å². The summed E-state index contributed by atoms with van der Waals surface area (Å²) in [5, 5.41) is 12.1. The van der Waals surface area contributed by atoms with Gasteiger partial charge in [0.05, 0.1) is 17.2 Å². The number of thioether (sulfide) groups is 1. The van der Waals surface area contributed by atoms with Crippen LogP contribution < -0.4 is 11.1 Å². The molecule has 1 saturated carbocycles. The minimum Gasteiger partial charge on any atom is -0.379 e. The van der Waals surface area contributed by atoms with Crippen molar-refractivity contribution in [3.05, 3.63) is 59.2 Å². The molecule has 0 bridgehead atoms. The first kappa shape index (κ1) is 23.2. The summed E-state index contributed by atoms with van der Waals surface area (Å²) in [5.74, 6) is 0.00322. The maximum Gasteiger partial charge on any atom is 0.274 e. The van der Waals surface area contributed by atoms with Crippen LogP contribution in [0.15, 0.2) is 41.5 Å². The van der Waals surface area contributed by atoms with Crippen LogP contribution in [-0.4, -0.2) is 34.5 Å². The summed E-state index contributed by atoms with van der Waals surface area (Å²) in [6.07, 6.45) is 4.69. The Kier molecular flexibility index (Phi) is 6.96. The van der Waals surface area contributed by atoms with Crippen molar-refractivity contribution >= 4 is 28.5 Å². The number of aromatic nitrogens is 1. The predicted molar refractivity (Wildman–Crippen MR) is 126 cm³/mol. The molecule has 0 radical (unpaired) electrons. The lowest BCUT2D eigenvalue weighted by molar-refractivity contribution is 0.0513. The minimum absolute atomic E-state index is 0.0164. The number of hydrogen-bond donors (Lipinski definition) is 2. The van der Waals surface area contributed by atoms with Crippen molar-refractivity contribution in [1.82, 2.24) is 4.98 Å². The van der Waals surface area contributed by atoms with Crippen LogP contribution in [0, 0.1) is 23.1 Å². The third kappa shape index (κ3) is 4.87. The first-order chi connectivity index (χ1) is 15.9. The van der Waals surface area contributed by atoms with E-state index in [2.05, 4.69) is 17.2 Å². The van der Waals surface area contributed by atoms with Crippen LogP contribution in [0.5, 0.6) is 0 Å². The number of ether oxygens (including phenoxy) is 1. The molecule has 1 amide bonds. The highest BCUT2D eigenvalue weighted by atomic mass is 32.2. The molecule has 3 N–H and O–H groups in total. The number of amides is 1. The lowest BCUT2D eigenvalue weighted by atomic mass is 9.81. The van der Waals surface area contributed by atoms with Crippen LogP contribution in [-0.2, 0) is 10.3 Å². The normalized spacial score (nSPS) is 24.0. The molecule has 3 atom stereocenters. The number of nitriles is 1. The lowest BCUT2D eigenvalue weighted by Crippen LogP contribution is -2.37. The molecule has 1 fully saturated rings. The number of fused-ring (bicyclic) bond motifs is 1. The molecule has 2 heterocycles. The number of nitrogens with two attached hydrogens (primary N) is 1. The molecule has 1 aliphatic carbocycles. The van der Waals surface area contributed by atoms with Gasteiger partial charge in [-0.3, -0.25) is 9.79 Å². The molecule has 1 aliphatic heterocycles. The van der Waals surface area contributed by atoms with Crippen LogP contribution in [0.25, 0.3) is 0 Å². The number of amidine groups is 1. The van der Waals surface area contributed by atoms with E-state index in [0.29, 0.717) is 35.0 Å². The van der Waals surface area contributed by atoms with E-state index in [9.17, 15) is 4.79 Å². The van der Waals surface area contributed by atoms with Gasteiger partial charge in [-0.15, -0.1) is 0 Å². The Morgan fingerprint density at radius 1 is 1.42 bits per heavy atom. The maximum absolute atomic E-state index is 15.2. The van der Waals surface area contributed by atoms with Gasteiger partial charge in [0.2, 0.25) is 0 Å². The van der Waals surface area contributed by atoms with Crippen molar-refractivity contribution in [2.45, 2.75) is 44.2 Å².